The summed E-state index contributed by atoms with van der Waals surface area (Å²) >= 11 is 0. The number of carbonyl (C=O) groups is 1. The summed E-state index contributed by atoms with van der Waals surface area (Å²) in [6.07, 6.45) is -3.60. The summed E-state index contributed by atoms with van der Waals surface area (Å²) in [5, 5.41) is 0. The molecule has 0 N–H and O–H groups in total. The normalized spacial score (nSPS) is 11.1. The van der Waals surface area contributed by atoms with E-state index in [1.807, 2.05) is 0 Å². The van der Waals surface area contributed by atoms with Crippen LogP contribution in [0.5, 0.6) is 11.8 Å². The summed E-state index contributed by atoms with van der Waals surface area (Å²) < 4.78 is 42.8. The fourth-order valence-electron chi connectivity index (χ4n) is 1.58. The van der Waals surface area contributed by atoms with E-state index in [4.69, 9.17) is 4.74 Å². The van der Waals surface area contributed by atoms with Crippen LogP contribution in [-0.4, -0.2) is 34.9 Å². The molecule has 116 valence electrons. The van der Waals surface area contributed by atoms with E-state index >= 15 is 0 Å². The Morgan fingerprint density at radius 1 is 1.14 bits per heavy atom. The van der Waals surface area contributed by atoms with Gasteiger partial charge in [0.15, 0.2) is 5.69 Å². The highest BCUT2D eigenvalue weighted by molar-refractivity contribution is 5.93. The maximum absolute atomic E-state index is 12.5. The van der Waals surface area contributed by atoms with Gasteiger partial charge in [-0.3, -0.25) is 4.79 Å². The number of benzene rings is 1. The zero-order valence-corrected chi connectivity index (χ0v) is 11.8. The number of hydrogen-bond donors (Lipinski definition) is 0. The smallest absolute Gasteiger partial charge is 0.424 e. The van der Waals surface area contributed by atoms with Crippen LogP contribution in [0.15, 0.2) is 36.5 Å². The summed E-state index contributed by atoms with van der Waals surface area (Å²) in [7, 11) is 3.23. The molecule has 8 heteroatoms. The van der Waals surface area contributed by atoms with Crippen LogP contribution in [-0.2, 0) is 6.18 Å². The van der Waals surface area contributed by atoms with Gasteiger partial charge in [0.25, 0.3) is 5.91 Å². The topological polar surface area (TPSA) is 55.3 Å². The molecule has 0 unspecified atom stereocenters. The van der Waals surface area contributed by atoms with Crippen molar-refractivity contribution in [1.29, 1.82) is 0 Å². The van der Waals surface area contributed by atoms with E-state index in [1.54, 1.807) is 14.1 Å². The van der Waals surface area contributed by atoms with E-state index in [0.717, 1.165) is 12.3 Å². The predicted molar refractivity (Wildman–Crippen MR) is 71.6 cm³/mol. The molecule has 0 aliphatic carbocycles. The first-order chi connectivity index (χ1) is 10.3. The number of hydrogen-bond acceptors (Lipinski definition) is 4. The highest BCUT2D eigenvalue weighted by Crippen LogP contribution is 2.28. The van der Waals surface area contributed by atoms with Crippen LogP contribution in [0.4, 0.5) is 13.2 Å². The molecule has 22 heavy (non-hydrogen) atoms. The number of halogens is 3. The fourth-order valence-corrected chi connectivity index (χ4v) is 1.58. The van der Waals surface area contributed by atoms with Crippen LogP contribution in [0.2, 0.25) is 0 Å². The summed E-state index contributed by atoms with van der Waals surface area (Å²) in [6.45, 7) is 0. The first-order valence-electron chi connectivity index (χ1n) is 6.17. The Kier molecular flexibility index (Phi) is 4.30. The Morgan fingerprint density at radius 3 is 2.32 bits per heavy atom. The van der Waals surface area contributed by atoms with E-state index in [1.165, 1.54) is 29.2 Å². The largest absolute Gasteiger partial charge is 0.433 e. The molecule has 0 aliphatic heterocycles. The van der Waals surface area contributed by atoms with Gasteiger partial charge in [-0.1, -0.05) is 0 Å². The second kappa shape index (κ2) is 6.00. The van der Waals surface area contributed by atoms with Crippen LogP contribution < -0.4 is 4.74 Å². The second-order valence-electron chi connectivity index (χ2n) is 4.55. The standard InChI is InChI=1S/C14H12F3N3O2/c1-20(2)12(21)9-3-5-10(6-4-9)22-13-18-8-7-11(19-13)14(15,16)17/h3-8H,1-2H3. The molecule has 0 atom stereocenters. The van der Waals surface area contributed by atoms with E-state index in [9.17, 15) is 18.0 Å². The minimum atomic E-state index is -4.57. The van der Waals surface area contributed by atoms with Crippen LogP contribution in [0.1, 0.15) is 16.1 Å². The molecule has 0 saturated heterocycles. The first kappa shape index (κ1) is 15.7. The van der Waals surface area contributed by atoms with Crippen molar-refractivity contribution in [3.8, 4) is 11.8 Å². The minimum Gasteiger partial charge on any atom is -0.424 e. The predicted octanol–water partition coefficient (Wildman–Crippen LogP) is 2.99. The molecule has 1 aromatic carbocycles. The molecule has 0 fully saturated rings. The average molecular weight is 311 g/mol. The van der Waals surface area contributed by atoms with Crippen molar-refractivity contribution >= 4 is 5.91 Å². The van der Waals surface area contributed by atoms with Crippen molar-refractivity contribution in [3.63, 3.8) is 0 Å². The van der Waals surface area contributed by atoms with Gasteiger partial charge in [0.1, 0.15) is 5.75 Å². The molecule has 1 heterocycles. The van der Waals surface area contributed by atoms with Crippen LogP contribution in [0.25, 0.3) is 0 Å². The minimum absolute atomic E-state index is 0.193. The molecular weight excluding hydrogens is 299 g/mol. The van der Waals surface area contributed by atoms with Gasteiger partial charge in [0, 0.05) is 25.9 Å². The average Bonchev–Trinajstić information content (AvgIpc) is 2.46. The van der Waals surface area contributed by atoms with Crippen LogP contribution in [0, 0.1) is 0 Å². The van der Waals surface area contributed by atoms with Crippen molar-refractivity contribution in [1.82, 2.24) is 14.9 Å². The van der Waals surface area contributed by atoms with Crippen LogP contribution in [0.3, 0.4) is 0 Å². The van der Waals surface area contributed by atoms with E-state index < -0.39 is 17.9 Å². The Labute approximate surface area is 124 Å². The fraction of sp³-hybridized carbons (Fsp3) is 0.214. The highest BCUT2D eigenvalue weighted by atomic mass is 19.4. The molecule has 2 aromatic rings. The Morgan fingerprint density at radius 2 is 1.77 bits per heavy atom. The summed E-state index contributed by atoms with van der Waals surface area (Å²) in [4.78, 5) is 20.0. The number of ether oxygens (including phenoxy) is 1. The van der Waals surface area contributed by atoms with Crippen molar-refractivity contribution in [2.24, 2.45) is 0 Å². The number of amides is 1. The lowest BCUT2D eigenvalue weighted by atomic mass is 10.2. The lowest BCUT2D eigenvalue weighted by Gasteiger charge is -2.11. The zero-order valence-electron chi connectivity index (χ0n) is 11.8. The van der Waals surface area contributed by atoms with Crippen molar-refractivity contribution in [2.75, 3.05) is 14.1 Å². The maximum atomic E-state index is 12.5. The van der Waals surface area contributed by atoms with Gasteiger partial charge >= 0.3 is 12.2 Å². The SMILES string of the molecule is CN(C)C(=O)c1ccc(Oc2nccc(C(F)(F)F)n2)cc1. The lowest BCUT2D eigenvalue weighted by Crippen LogP contribution is -2.21. The van der Waals surface area contributed by atoms with Crippen molar-refractivity contribution < 1.29 is 22.7 Å². The Balaban J connectivity index is 2.16. The Hall–Kier alpha value is -2.64. The first-order valence-corrected chi connectivity index (χ1v) is 6.17. The molecule has 0 spiro atoms. The number of nitrogens with zero attached hydrogens (tertiary/aromatic N) is 3. The second-order valence-corrected chi connectivity index (χ2v) is 4.55. The monoisotopic (exact) mass is 311 g/mol. The summed E-state index contributed by atoms with van der Waals surface area (Å²) in [6, 6.07) is 6.27. The van der Waals surface area contributed by atoms with E-state index in [0.29, 0.717) is 5.56 Å². The van der Waals surface area contributed by atoms with Gasteiger partial charge in [-0.15, -0.1) is 0 Å². The molecule has 1 amide bonds. The molecule has 0 aliphatic rings. The van der Waals surface area contributed by atoms with Gasteiger partial charge < -0.3 is 9.64 Å². The molecule has 0 saturated carbocycles. The zero-order chi connectivity index (χ0) is 16.3. The van der Waals surface area contributed by atoms with Gasteiger partial charge in [-0.25, -0.2) is 4.98 Å². The molecule has 2 rings (SSSR count). The summed E-state index contributed by atoms with van der Waals surface area (Å²) in [5.41, 5.74) is -0.654. The third-order valence-corrected chi connectivity index (χ3v) is 2.64. The van der Waals surface area contributed by atoms with Gasteiger partial charge in [-0.2, -0.15) is 18.2 Å². The molecule has 5 nitrogen and oxygen atoms in total. The van der Waals surface area contributed by atoms with Gasteiger partial charge in [0.05, 0.1) is 0 Å². The van der Waals surface area contributed by atoms with Crippen molar-refractivity contribution in [3.05, 3.63) is 47.8 Å². The number of aromatic nitrogens is 2. The number of carbonyl (C=O) groups excluding carboxylic acids is 1. The van der Waals surface area contributed by atoms with Gasteiger partial charge in [0.2, 0.25) is 0 Å². The summed E-state index contributed by atoms with van der Waals surface area (Å²) in [5.74, 6) is 0.0384. The lowest BCUT2D eigenvalue weighted by molar-refractivity contribution is -0.141. The van der Waals surface area contributed by atoms with Gasteiger partial charge in [-0.05, 0) is 30.3 Å². The molecular formula is C14H12F3N3O2. The third kappa shape index (κ3) is 3.72. The van der Waals surface area contributed by atoms with E-state index in [2.05, 4.69) is 9.97 Å². The van der Waals surface area contributed by atoms with E-state index in [-0.39, 0.29) is 11.7 Å². The maximum Gasteiger partial charge on any atom is 0.433 e. The molecule has 0 bridgehead atoms. The number of rotatable bonds is 3. The number of alkyl halides is 3. The Bertz CT molecular complexity index is 670. The third-order valence-electron chi connectivity index (χ3n) is 2.64. The molecule has 1 aromatic heterocycles. The quantitative estimate of drug-likeness (QED) is 0.874. The highest BCUT2D eigenvalue weighted by Gasteiger charge is 2.33. The molecule has 0 radical (unpaired) electrons. The van der Waals surface area contributed by atoms with Crippen molar-refractivity contribution in [2.45, 2.75) is 6.18 Å². The van der Waals surface area contributed by atoms with Crippen LogP contribution >= 0.6 is 0 Å².